The molecule has 1 unspecified atom stereocenters. The molecule has 0 bridgehead atoms. The smallest absolute Gasteiger partial charge is 0.133 e. The van der Waals surface area contributed by atoms with Crippen LogP contribution in [0.1, 0.15) is 43.5 Å². The number of nitrogens with one attached hydrogen (secondary N) is 1. The van der Waals surface area contributed by atoms with Crippen molar-refractivity contribution in [3.8, 4) is 0 Å². The normalized spacial score (nSPS) is 18.1. The summed E-state index contributed by atoms with van der Waals surface area (Å²) in [5.41, 5.74) is 1.10. The Morgan fingerprint density at radius 1 is 1.35 bits per heavy atom. The number of fused-ring (bicyclic) bond motifs is 1. The predicted octanol–water partition coefficient (Wildman–Crippen LogP) is 2.53. The number of hydrogen-bond donors (Lipinski definition) is 1. The van der Waals surface area contributed by atoms with Crippen LogP contribution in [0.2, 0.25) is 0 Å². The van der Waals surface area contributed by atoms with Crippen molar-refractivity contribution >= 4 is 5.82 Å². The van der Waals surface area contributed by atoms with Gasteiger partial charge in [-0.05, 0) is 19.4 Å². The van der Waals surface area contributed by atoms with Crippen LogP contribution in [0, 0.1) is 6.92 Å². The maximum absolute atomic E-state index is 4.58. The second-order valence-corrected chi connectivity index (χ2v) is 5.79. The van der Waals surface area contributed by atoms with E-state index in [0.29, 0.717) is 12.0 Å². The molecular formula is C15H21N5. The minimum atomic E-state index is 0.353. The molecule has 1 aliphatic heterocycles. The van der Waals surface area contributed by atoms with Crippen molar-refractivity contribution in [2.45, 2.75) is 52.1 Å². The van der Waals surface area contributed by atoms with Crippen LogP contribution < -0.4 is 5.32 Å². The molecule has 20 heavy (non-hydrogen) atoms. The lowest BCUT2D eigenvalue weighted by Crippen LogP contribution is -2.31. The molecule has 2 aromatic rings. The first-order valence-electron chi connectivity index (χ1n) is 7.24. The van der Waals surface area contributed by atoms with Crippen molar-refractivity contribution in [2.75, 3.05) is 5.32 Å². The average molecular weight is 271 g/mol. The van der Waals surface area contributed by atoms with E-state index >= 15 is 0 Å². The average Bonchev–Trinajstić information content (AvgIpc) is 2.78. The molecule has 0 saturated carbocycles. The van der Waals surface area contributed by atoms with Crippen LogP contribution in [0.25, 0.3) is 0 Å². The number of imidazole rings is 1. The molecule has 3 rings (SSSR count). The Kier molecular flexibility index (Phi) is 3.42. The zero-order chi connectivity index (χ0) is 14.1. The standard InChI is InChI=1S/C15H21N5/c1-10(2)15-16-7-6-13(19-15)18-12-4-5-14-17-11(3)8-20(14)9-12/h6-8,10,12H,4-5,9H2,1-3H3,(H,16,18,19). The zero-order valence-electron chi connectivity index (χ0n) is 12.3. The second kappa shape index (κ2) is 5.23. The molecule has 0 fully saturated rings. The summed E-state index contributed by atoms with van der Waals surface area (Å²) in [6.45, 7) is 7.23. The SMILES string of the molecule is Cc1cn2c(n1)CCC(Nc1ccnc(C(C)C)n1)C2. The van der Waals surface area contributed by atoms with Gasteiger partial charge in [-0.1, -0.05) is 13.8 Å². The van der Waals surface area contributed by atoms with Gasteiger partial charge in [-0.25, -0.2) is 15.0 Å². The first-order valence-corrected chi connectivity index (χ1v) is 7.24. The molecule has 0 saturated heterocycles. The van der Waals surface area contributed by atoms with Gasteiger partial charge in [-0.15, -0.1) is 0 Å². The van der Waals surface area contributed by atoms with Gasteiger partial charge < -0.3 is 9.88 Å². The van der Waals surface area contributed by atoms with E-state index < -0.39 is 0 Å². The zero-order valence-corrected chi connectivity index (χ0v) is 12.3. The number of aromatic nitrogens is 4. The lowest BCUT2D eigenvalue weighted by molar-refractivity contribution is 0.475. The van der Waals surface area contributed by atoms with Crippen LogP contribution in [0.4, 0.5) is 5.82 Å². The van der Waals surface area contributed by atoms with Crippen LogP contribution in [0.5, 0.6) is 0 Å². The fourth-order valence-corrected chi connectivity index (χ4v) is 2.65. The Labute approximate surface area is 119 Å². The van der Waals surface area contributed by atoms with Gasteiger partial charge in [0.05, 0.1) is 5.69 Å². The molecule has 0 aliphatic carbocycles. The maximum atomic E-state index is 4.58. The molecular weight excluding hydrogens is 250 g/mol. The lowest BCUT2D eigenvalue weighted by Gasteiger charge is -2.25. The first kappa shape index (κ1) is 13.1. The fourth-order valence-electron chi connectivity index (χ4n) is 2.65. The molecule has 0 aromatic carbocycles. The monoisotopic (exact) mass is 271 g/mol. The molecule has 1 aliphatic rings. The van der Waals surface area contributed by atoms with Crippen LogP contribution in [-0.2, 0) is 13.0 Å². The van der Waals surface area contributed by atoms with Gasteiger partial charge in [0.2, 0.25) is 0 Å². The highest BCUT2D eigenvalue weighted by atomic mass is 15.1. The van der Waals surface area contributed by atoms with Gasteiger partial charge >= 0.3 is 0 Å². The molecule has 106 valence electrons. The van der Waals surface area contributed by atoms with Crippen molar-refractivity contribution in [3.05, 3.63) is 35.8 Å². The Balaban J connectivity index is 1.71. The van der Waals surface area contributed by atoms with E-state index in [1.165, 1.54) is 5.82 Å². The van der Waals surface area contributed by atoms with E-state index in [-0.39, 0.29) is 0 Å². The lowest BCUT2D eigenvalue weighted by atomic mass is 10.1. The number of anilines is 1. The summed E-state index contributed by atoms with van der Waals surface area (Å²) >= 11 is 0. The Morgan fingerprint density at radius 3 is 3.00 bits per heavy atom. The number of rotatable bonds is 3. The summed E-state index contributed by atoms with van der Waals surface area (Å²) < 4.78 is 2.25. The first-order chi connectivity index (χ1) is 9.61. The molecule has 1 atom stereocenters. The largest absolute Gasteiger partial charge is 0.365 e. The van der Waals surface area contributed by atoms with Gasteiger partial charge in [-0.2, -0.15) is 0 Å². The van der Waals surface area contributed by atoms with Crippen LogP contribution in [0.15, 0.2) is 18.5 Å². The highest BCUT2D eigenvalue weighted by Gasteiger charge is 2.20. The number of hydrogen-bond acceptors (Lipinski definition) is 4. The molecule has 1 N–H and O–H groups in total. The van der Waals surface area contributed by atoms with Gasteiger partial charge in [0.1, 0.15) is 17.5 Å². The molecule has 5 heteroatoms. The summed E-state index contributed by atoms with van der Waals surface area (Å²) in [7, 11) is 0. The van der Waals surface area contributed by atoms with E-state index in [4.69, 9.17) is 0 Å². The maximum Gasteiger partial charge on any atom is 0.133 e. The summed E-state index contributed by atoms with van der Waals surface area (Å²) in [6.07, 6.45) is 6.08. The molecule has 3 heterocycles. The van der Waals surface area contributed by atoms with Crippen molar-refractivity contribution in [3.63, 3.8) is 0 Å². The van der Waals surface area contributed by atoms with E-state index in [0.717, 1.165) is 36.7 Å². The summed E-state index contributed by atoms with van der Waals surface area (Å²) in [5, 5.41) is 3.53. The van der Waals surface area contributed by atoms with E-state index in [9.17, 15) is 0 Å². The van der Waals surface area contributed by atoms with Crippen LogP contribution in [-0.4, -0.2) is 25.6 Å². The predicted molar refractivity (Wildman–Crippen MR) is 78.8 cm³/mol. The third kappa shape index (κ3) is 2.66. The fraction of sp³-hybridized carbons (Fsp3) is 0.533. The molecule has 0 spiro atoms. The Hall–Kier alpha value is -1.91. The van der Waals surface area contributed by atoms with Gasteiger partial charge in [0, 0.05) is 37.3 Å². The minimum Gasteiger partial charge on any atom is -0.365 e. The quantitative estimate of drug-likeness (QED) is 0.932. The van der Waals surface area contributed by atoms with E-state index in [2.05, 4.69) is 44.9 Å². The van der Waals surface area contributed by atoms with Crippen LogP contribution >= 0.6 is 0 Å². The van der Waals surface area contributed by atoms with E-state index in [1.807, 2.05) is 19.2 Å². The molecule has 0 radical (unpaired) electrons. The highest BCUT2D eigenvalue weighted by molar-refractivity contribution is 5.35. The van der Waals surface area contributed by atoms with Crippen molar-refractivity contribution in [1.29, 1.82) is 0 Å². The van der Waals surface area contributed by atoms with E-state index in [1.54, 1.807) is 0 Å². The third-order valence-electron chi connectivity index (χ3n) is 3.66. The van der Waals surface area contributed by atoms with Gasteiger partial charge in [0.25, 0.3) is 0 Å². The van der Waals surface area contributed by atoms with Crippen molar-refractivity contribution in [2.24, 2.45) is 0 Å². The van der Waals surface area contributed by atoms with Gasteiger partial charge in [-0.3, -0.25) is 0 Å². The second-order valence-electron chi connectivity index (χ2n) is 5.79. The Morgan fingerprint density at radius 2 is 2.20 bits per heavy atom. The molecule has 2 aromatic heterocycles. The van der Waals surface area contributed by atoms with Gasteiger partial charge in [0.15, 0.2) is 0 Å². The van der Waals surface area contributed by atoms with Crippen molar-refractivity contribution < 1.29 is 0 Å². The summed E-state index contributed by atoms with van der Waals surface area (Å²) in [6, 6.07) is 2.35. The summed E-state index contributed by atoms with van der Waals surface area (Å²) in [4.78, 5) is 13.4. The highest BCUT2D eigenvalue weighted by Crippen LogP contribution is 2.19. The van der Waals surface area contributed by atoms with Crippen LogP contribution in [0.3, 0.4) is 0 Å². The number of nitrogens with zero attached hydrogens (tertiary/aromatic N) is 4. The Bertz CT molecular complexity index is 602. The summed E-state index contributed by atoms with van der Waals surface area (Å²) in [5.74, 6) is 3.37. The minimum absolute atomic E-state index is 0.353. The molecule has 5 nitrogen and oxygen atoms in total. The molecule has 0 amide bonds. The third-order valence-corrected chi connectivity index (χ3v) is 3.66. The topological polar surface area (TPSA) is 55.6 Å². The number of aryl methyl sites for hydroxylation is 2. The van der Waals surface area contributed by atoms with Crippen molar-refractivity contribution in [1.82, 2.24) is 19.5 Å².